The summed E-state index contributed by atoms with van der Waals surface area (Å²) in [4.78, 5) is 36.1. The van der Waals surface area contributed by atoms with Gasteiger partial charge in [0.2, 0.25) is 11.8 Å². The van der Waals surface area contributed by atoms with Crippen LogP contribution < -0.4 is 16.5 Å². The van der Waals surface area contributed by atoms with Crippen LogP contribution in [0.3, 0.4) is 0 Å². The zero-order valence-corrected chi connectivity index (χ0v) is 21.5. The molecular weight excluding hydrogens is 563 g/mol. The van der Waals surface area contributed by atoms with Gasteiger partial charge in [0.25, 0.3) is 5.91 Å². The summed E-state index contributed by atoms with van der Waals surface area (Å²) in [6, 6.07) is 12.6. The minimum absolute atomic E-state index is 0.103. The van der Waals surface area contributed by atoms with E-state index in [1.54, 1.807) is 28.4 Å². The molecule has 0 aliphatic carbocycles. The summed E-state index contributed by atoms with van der Waals surface area (Å²) in [7, 11) is 0. The second-order valence-electron chi connectivity index (χ2n) is 8.59. The highest BCUT2D eigenvalue weighted by atomic mass is 127. The highest BCUT2D eigenvalue weighted by molar-refractivity contribution is 14.1. The van der Waals surface area contributed by atoms with Crippen molar-refractivity contribution in [3.8, 4) is 0 Å². The van der Waals surface area contributed by atoms with Gasteiger partial charge in [-0.3, -0.25) is 19.6 Å². The van der Waals surface area contributed by atoms with E-state index >= 15 is 0 Å². The van der Waals surface area contributed by atoms with Gasteiger partial charge in [0.1, 0.15) is 5.92 Å². The van der Waals surface area contributed by atoms with Gasteiger partial charge in [-0.2, -0.15) is 0 Å². The predicted molar refractivity (Wildman–Crippen MR) is 138 cm³/mol. The van der Waals surface area contributed by atoms with Gasteiger partial charge in [0.05, 0.1) is 12.2 Å². The standard InChI is InChI=1S/C24H27IN6O4/c1-14(2)9-21(24(34)29-35)23(33)27-18-6-3-15(4-7-18)12-31-13-19(28-30-31)11-16-10-17(25)5-8-20(16)22(26)32/h3-8,10,13-14,21,35H,9,11-12H2,1-2H3,(H2,26,32)(H,27,33)(H,29,34). The summed E-state index contributed by atoms with van der Waals surface area (Å²) in [5.74, 6) is -2.58. The molecule has 0 fully saturated rings. The van der Waals surface area contributed by atoms with Crippen molar-refractivity contribution in [1.82, 2.24) is 20.5 Å². The number of amides is 3. The van der Waals surface area contributed by atoms with Crippen LogP contribution in [0.25, 0.3) is 0 Å². The molecule has 3 aromatic rings. The molecule has 0 aliphatic heterocycles. The number of nitrogens with one attached hydrogen (secondary N) is 2. The topological polar surface area (TPSA) is 152 Å². The number of carbonyl (C=O) groups excluding carboxylic acids is 3. The van der Waals surface area contributed by atoms with Gasteiger partial charge >= 0.3 is 0 Å². The summed E-state index contributed by atoms with van der Waals surface area (Å²) < 4.78 is 2.68. The van der Waals surface area contributed by atoms with E-state index < -0.39 is 23.6 Å². The molecule has 1 aromatic heterocycles. The number of carbonyl (C=O) groups is 3. The number of anilines is 1. The molecule has 0 aliphatic rings. The first-order valence-corrected chi connectivity index (χ1v) is 12.0. The number of primary amides is 1. The Balaban J connectivity index is 1.64. The fourth-order valence-electron chi connectivity index (χ4n) is 3.63. The van der Waals surface area contributed by atoms with Gasteiger partial charge in [0, 0.05) is 27.4 Å². The second kappa shape index (κ2) is 11.9. The SMILES string of the molecule is CC(C)CC(C(=O)NO)C(=O)Nc1ccc(Cn2cc(Cc3cc(I)ccc3C(N)=O)nn2)cc1. The van der Waals surface area contributed by atoms with Gasteiger partial charge in [-0.05, 0) is 76.4 Å². The molecule has 184 valence electrons. The third kappa shape index (κ3) is 7.33. The molecule has 1 heterocycles. The fourth-order valence-corrected chi connectivity index (χ4v) is 4.19. The summed E-state index contributed by atoms with van der Waals surface area (Å²) >= 11 is 2.18. The molecule has 0 radical (unpaired) electrons. The number of benzene rings is 2. The van der Waals surface area contributed by atoms with Crippen LogP contribution in [0.15, 0.2) is 48.7 Å². The summed E-state index contributed by atoms with van der Waals surface area (Å²) in [6.45, 7) is 4.25. The van der Waals surface area contributed by atoms with Crippen LogP contribution in [0.5, 0.6) is 0 Å². The maximum Gasteiger partial charge on any atom is 0.255 e. The molecule has 2 aromatic carbocycles. The molecule has 0 bridgehead atoms. The van der Waals surface area contributed by atoms with Gasteiger partial charge in [-0.25, -0.2) is 10.2 Å². The van der Waals surface area contributed by atoms with Crippen molar-refractivity contribution in [3.63, 3.8) is 0 Å². The zero-order valence-electron chi connectivity index (χ0n) is 19.4. The molecule has 1 unspecified atom stereocenters. The average Bonchev–Trinajstić information content (AvgIpc) is 3.24. The number of nitrogens with zero attached hydrogens (tertiary/aromatic N) is 3. The lowest BCUT2D eigenvalue weighted by molar-refractivity contribution is -0.139. The second-order valence-corrected chi connectivity index (χ2v) is 9.84. The van der Waals surface area contributed by atoms with Crippen molar-refractivity contribution < 1.29 is 19.6 Å². The normalized spacial score (nSPS) is 11.8. The Morgan fingerprint density at radius 3 is 2.46 bits per heavy atom. The van der Waals surface area contributed by atoms with Crippen LogP contribution in [0, 0.1) is 15.4 Å². The van der Waals surface area contributed by atoms with Crippen molar-refractivity contribution in [2.45, 2.75) is 33.2 Å². The zero-order chi connectivity index (χ0) is 25.5. The molecule has 0 saturated heterocycles. The fraction of sp³-hybridized carbons (Fsp3) is 0.292. The lowest BCUT2D eigenvalue weighted by atomic mass is 9.95. The Bertz CT molecular complexity index is 1210. The Labute approximate surface area is 216 Å². The summed E-state index contributed by atoms with van der Waals surface area (Å²) in [5, 5.41) is 20.0. The van der Waals surface area contributed by atoms with Crippen molar-refractivity contribution in [1.29, 1.82) is 0 Å². The van der Waals surface area contributed by atoms with Crippen molar-refractivity contribution in [2.24, 2.45) is 17.6 Å². The van der Waals surface area contributed by atoms with E-state index in [0.717, 1.165) is 14.7 Å². The molecule has 1 atom stereocenters. The van der Waals surface area contributed by atoms with E-state index in [4.69, 9.17) is 10.9 Å². The first-order chi connectivity index (χ1) is 16.7. The van der Waals surface area contributed by atoms with Crippen LogP contribution >= 0.6 is 22.6 Å². The largest absolute Gasteiger partial charge is 0.366 e. The van der Waals surface area contributed by atoms with E-state index in [-0.39, 0.29) is 5.92 Å². The van der Waals surface area contributed by atoms with Crippen LogP contribution in [0.4, 0.5) is 5.69 Å². The first-order valence-electron chi connectivity index (χ1n) is 11.0. The lowest BCUT2D eigenvalue weighted by Gasteiger charge is -2.17. The Kier molecular flexibility index (Phi) is 8.93. The number of hydrogen-bond acceptors (Lipinski definition) is 6. The predicted octanol–water partition coefficient (Wildman–Crippen LogP) is 2.73. The smallest absolute Gasteiger partial charge is 0.255 e. The average molecular weight is 590 g/mol. The Morgan fingerprint density at radius 2 is 1.83 bits per heavy atom. The van der Waals surface area contributed by atoms with E-state index in [0.29, 0.717) is 36.3 Å². The van der Waals surface area contributed by atoms with Crippen molar-refractivity contribution in [3.05, 3.63) is 74.6 Å². The van der Waals surface area contributed by atoms with Crippen LogP contribution in [-0.4, -0.2) is 37.9 Å². The third-order valence-corrected chi connectivity index (χ3v) is 5.98. The summed E-state index contributed by atoms with van der Waals surface area (Å²) in [5.41, 5.74) is 10.5. The van der Waals surface area contributed by atoms with E-state index in [9.17, 15) is 14.4 Å². The molecule has 5 N–H and O–H groups in total. The molecule has 3 amide bonds. The van der Waals surface area contributed by atoms with E-state index in [2.05, 4.69) is 38.2 Å². The monoisotopic (exact) mass is 590 g/mol. The molecular formula is C24H27IN6O4. The van der Waals surface area contributed by atoms with Crippen molar-refractivity contribution >= 4 is 46.0 Å². The number of halogens is 1. The maximum atomic E-state index is 12.5. The number of rotatable bonds is 10. The van der Waals surface area contributed by atoms with Gasteiger partial charge in [-0.1, -0.05) is 31.2 Å². The van der Waals surface area contributed by atoms with Gasteiger partial charge in [-0.15, -0.1) is 5.10 Å². The van der Waals surface area contributed by atoms with E-state index in [1.807, 2.05) is 44.3 Å². The highest BCUT2D eigenvalue weighted by Gasteiger charge is 2.27. The molecule has 0 spiro atoms. The molecule has 35 heavy (non-hydrogen) atoms. The van der Waals surface area contributed by atoms with E-state index in [1.165, 1.54) is 0 Å². The molecule has 0 saturated carbocycles. The van der Waals surface area contributed by atoms with Crippen LogP contribution in [0.1, 0.15) is 47.4 Å². The molecule has 11 heteroatoms. The third-order valence-electron chi connectivity index (χ3n) is 5.31. The highest BCUT2D eigenvalue weighted by Crippen LogP contribution is 2.18. The molecule has 10 nitrogen and oxygen atoms in total. The molecule has 3 rings (SSSR count). The van der Waals surface area contributed by atoms with Crippen molar-refractivity contribution in [2.75, 3.05) is 5.32 Å². The Morgan fingerprint density at radius 1 is 1.11 bits per heavy atom. The lowest BCUT2D eigenvalue weighted by Crippen LogP contribution is -2.37. The number of aromatic nitrogens is 3. The van der Waals surface area contributed by atoms with Gasteiger partial charge in [0.15, 0.2) is 0 Å². The number of nitrogens with two attached hydrogens (primary N) is 1. The van der Waals surface area contributed by atoms with Crippen LogP contribution in [0.2, 0.25) is 0 Å². The minimum Gasteiger partial charge on any atom is -0.366 e. The van der Waals surface area contributed by atoms with Crippen LogP contribution in [-0.2, 0) is 22.6 Å². The number of hydrogen-bond donors (Lipinski definition) is 4. The first kappa shape index (κ1) is 26.3. The van der Waals surface area contributed by atoms with Gasteiger partial charge < -0.3 is 11.1 Å². The Hall–Kier alpha value is -3.32. The maximum absolute atomic E-state index is 12.5. The quantitative estimate of drug-likeness (QED) is 0.123. The summed E-state index contributed by atoms with van der Waals surface area (Å²) in [6.07, 6.45) is 2.55. The minimum atomic E-state index is -0.990. The number of hydroxylamine groups is 1.